The van der Waals surface area contributed by atoms with E-state index in [9.17, 15) is 18.0 Å². The van der Waals surface area contributed by atoms with Gasteiger partial charge in [-0.1, -0.05) is 18.2 Å². The molecule has 1 aliphatic heterocycles. The number of carbonyl (C=O) groups is 2. The Hall–Kier alpha value is -2.98. The van der Waals surface area contributed by atoms with Crippen LogP contribution >= 0.6 is 0 Å². The number of carbonyl (C=O) groups excluding carboxylic acids is 2. The van der Waals surface area contributed by atoms with Gasteiger partial charge in [-0.2, -0.15) is 0 Å². The van der Waals surface area contributed by atoms with Crippen LogP contribution in [0.25, 0.3) is 11.1 Å². The van der Waals surface area contributed by atoms with E-state index in [-0.39, 0.29) is 41.7 Å². The van der Waals surface area contributed by atoms with E-state index >= 15 is 0 Å². The van der Waals surface area contributed by atoms with Gasteiger partial charge >= 0.3 is 0 Å². The summed E-state index contributed by atoms with van der Waals surface area (Å²) in [6, 6.07) is 7.84. The highest BCUT2D eigenvalue weighted by Gasteiger charge is 2.24. The number of nitrogens with zero attached hydrogens (tertiary/aromatic N) is 2. The molecule has 2 aromatic rings. The van der Waals surface area contributed by atoms with Crippen molar-refractivity contribution in [3.05, 3.63) is 42.7 Å². The molecular weight excluding hydrogens is 456 g/mol. The van der Waals surface area contributed by atoms with Crippen molar-refractivity contribution in [2.45, 2.75) is 43.2 Å². The summed E-state index contributed by atoms with van der Waals surface area (Å²) in [5.74, 6) is -0.108. The second-order valence-corrected chi connectivity index (χ2v) is 10.9. The van der Waals surface area contributed by atoms with E-state index < -0.39 is 15.9 Å². The minimum atomic E-state index is -3.57. The maximum atomic E-state index is 12.9. The fourth-order valence-corrected chi connectivity index (χ4v) is 5.07. The van der Waals surface area contributed by atoms with Crippen LogP contribution < -0.4 is 15.4 Å². The number of nitrogens with one attached hydrogen (secondary N) is 2. The number of pyridine rings is 1. The van der Waals surface area contributed by atoms with Crippen molar-refractivity contribution in [1.82, 2.24) is 20.5 Å². The van der Waals surface area contributed by atoms with Gasteiger partial charge in [-0.25, -0.2) is 8.42 Å². The summed E-state index contributed by atoms with van der Waals surface area (Å²) in [4.78, 5) is 31.2. The fourth-order valence-electron chi connectivity index (χ4n) is 3.72. The number of rotatable bonds is 3. The Labute approximate surface area is 200 Å². The van der Waals surface area contributed by atoms with Gasteiger partial charge in [0.25, 0.3) is 0 Å². The lowest BCUT2D eigenvalue weighted by molar-refractivity contribution is -0.130. The van der Waals surface area contributed by atoms with E-state index in [1.165, 1.54) is 6.20 Å². The summed E-state index contributed by atoms with van der Waals surface area (Å²) in [7, 11) is -0.0287. The van der Waals surface area contributed by atoms with Crippen LogP contribution in [0.1, 0.15) is 26.2 Å². The fraction of sp³-hybridized carbons (Fsp3) is 0.458. The van der Waals surface area contributed by atoms with E-state index in [4.69, 9.17) is 4.74 Å². The van der Waals surface area contributed by atoms with E-state index in [2.05, 4.69) is 15.6 Å². The highest BCUT2D eigenvalue weighted by atomic mass is 32.2. The molecule has 34 heavy (non-hydrogen) atoms. The molecule has 9 nitrogen and oxygen atoms in total. The summed E-state index contributed by atoms with van der Waals surface area (Å²) in [5.41, 5.74) is 1.36. The number of para-hydroxylation sites is 1. The smallest absolute Gasteiger partial charge is 0.242 e. The number of amides is 2. The molecule has 1 aromatic carbocycles. The summed E-state index contributed by atoms with van der Waals surface area (Å²) >= 11 is 0. The topological polar surface area (TPSA) is 118 Å². The largest absolute Gasteiger partial charge is 0.491 e. The molecule has 1 aromatic heterocycles. The summed E-state index contributed by atoms with van der Waals surface area (Å²) < 4.78 is 31.8. The maximum absolute atomic E-state index is 12.9. The van der Waals surface area contributed by atoms with Gasteiger partial charge < -0.3 is 20.3 Å². The highest BCUT2D eigenvalue weighted by Crippen LogP contribution is 2.31. The van der Waals surface area contributed by atoms with Crippen molar-refractivity contribution < 1.29 is 22.7 Å². The zero-order valence-corrected chi connectivity index (χ0v) is 20.6. The van der Waals surface area contributed by atoms with Crippen molar-refractivity contribution in [3.63, 3.8) is 0 Å². The SMILES string of the molecule is C[C@@H]1COc2ccccc2-c2cncc(c2)S(=O)(=O)CCCC[C@H](NC(=O)CN(C)C)C(=O)N1. The first kappa shape index (κ1) is 25.6. The molecule has 2 atom stereocenters. The van der Waals surface area contributed by atoms with Crippen LogP contribution in [0.15, 0.2) is 47.6 Å². The average molecular weight is 489 g/mol. The second kappa shape index (κ2) is 11.4. The molecule has 3 rings (SSSR count). The predicted octanol–water partition coefficient (Wildman–Crippen LogP) is 1.64. The monoisotopic (exact) mass is 488 g/mol. The number of ether oxygens (including phenoxy) is 1. The second-order valence-electron chi connectivity index (χ2n) is 8.80. The van der Waals surface area contributed by atoms with Gasteiger partial charge in [-0.3, -0.25) is 14.6 Å². The highest BCUT2D eigenvalue weighted by molar-refractivity contribution is 7.91. The molecule has 2 bridgehead atoms. The number of fused-ring (bicyclic) bond motifs is 4. The number of hydrogen-bond donors (Lipinski definition) is 2. The van der Waals surface area contributed by atoms with Gasteiger partial charge in [-0.05, 0) is 52.4 Å². The van der Waals surface area contributed by atoms with Crippen LogP contribution in [0.3, 0.4) is 0 Å². The molecule has 1 aliphatic rings. The zero-order valence-electron chi connectivity index (χ0n) is 19.8. The average Bonchev–Trinajstić information content (AvgIpc) is 2.79. The Morgan fingerprint density at radius 2 is 2.00 bits per heavy atom. The third kappa shape index (κ3) is 7.01. The van der Waals surface area contributed by atoms with Gasteiger partial charge in [0, 0.05) is 23.5 Å². The summed E-state index contributed by atoms with van der Waals surface area (Å²) in [6.45, 7) is 2.18. The minimum absolute atomic E-state index is 0.0767. The maximum Gasteiger partial charge on any atom is 0.242 e. The van der Waals surface area contributed by atoms with E-state index in [0.29, 0.717) is 36.1 Å². The molecule has 0 fully saturated rings. The number of sulfone groups is 1. The number of benzene rings is 1. The minimum Gasteiger partial charge on any atom is -0.491 e. The Balaban J connectivity index is 1.88. The Morgan fingerprint density at radius 3 is 2.76 bits per heavy atom. The van der Waals surface area contributed by atoms with Crippen molar-refractivity contribution in [2.75, 3.05) is 33.0 Å². The van der Waals surface area contributed by atoms with E-state index in [0.717, 1.165) is 0 Å². The van der Waals surface area contributed by atoms with Crippen LogP contribution in [0.2, 0.25) is 0 Å². The van der Waals surface area contributed by atoms with Crippen LogP contribution in [-0.2, 0) is 19.4 Å². The van der Waals surface area contributed by atoms with E-state index in [1.54, 1.807) is 37.3 Å². The molecule has 0 spiro atoms. The van der Waals surface area contributed by atoms with Crippen molar-refractivity contribution in [3.8, 4) is 16.9 Å². The Bertz CT molecular complexity index is 1120. The summed E-state index contributed by atoms with van der Waals surface area (Å²) in [6.07, 6.45) is 4.10. The molecule has 10 heteroatoms. The van der Waals surface area contributed by atoms with Gasteiger partial charge in [-0.15, -0.1) is 0 Å². The van der Waals surface area contributed by atoms with Crippen LogP contribution in [0.4, 0.5) is 0 Å². The van der Waals surface area contributed by atoms with Gasteiger partial charge in [0.2, 0.25) is 11.8 Å². The standard InChI is InChI=1S/C24H32N4O5S/c1-17-16-33-22-10-5-4-8-20(22)18-12-19(14-25-13-18)34(31,32)11-7-6-9-21(24(30)26-17)27-23(29)15-28(2)3/h4-5,8,10,12-14,17,21H,6-7,9,11,15-16H2,1-3H3,(H,26,30)(H,27,29)/t17-,21+/m1/s1. The van der Waals surface area contributed by atoms with Crippen molar-refractivity contribution in [2.24, 2.45) is 0 Å². The molecule has 0 radical (unpaired) electrons. The van der Waals surface area contributed by atoms with Crippen LogP contribution in [-0.4, -0.2) is 75.2 Å². The molecule has 0 aliphatic carbocycles. The molecule has 0 unspecified atom stereocenters. The molecule has 2 heterocycles. The third-order valence-corrected chi connectivity index (χ3v) is 7.18. The lowest BCUT2D eigenvalue weighted by atomic mass is 10.1. The molecule has 0 saturated heterocycles. The first-order valence-corrected chi connectivity index (χ1v) is 13.0. The summed E-state index contributed by atoms with van der Waals surface area (Å²) in [5, 5.41) is 5.67. The Kier molecular flexibility index (Phi) is 8.62. The van der Waals surface area contributed by atoms with Gasteiger partial charge in [0.05, 0.1) is 23.2 Å². The van der Waals surface area contributed by atoms with E-state index in [1.807, 2.05) is 25.1 Å². The number of aromatic nitrogens is 1. The first-order valence-electron chi connectivity index (χ1n) is 11.3. The molecule has 2 amide bonds. The quantitative estimate of drug-likeness (QED) is 0.674. The van der Waals surface area contributed by atoms with Crippen LogP contribution in [0.5, 0.6) is 5.75 Å². The lowest BCUT2D eigenvalue weighted by Gasteiger charge is -2.23. The Morgan fingerprint density at radius 1 is 1.24 bits per heavy atom. The number of hydrogen-bond acceptors (Lipinski definition) is 7. The molecular formula is C24H32N4O5S. The third-order valence-electron chi connectivity index (χ3n) is 5.42. The normalized spacial score (nSPS) is 21.1. The molecule has 184 valence electrons. The van der Waals surface area contributed by atoms with Crippen molar-refractivity contribution in [1.29, 1.82) is 0 Å². The molecule has 2 N–H and O–H groups in total. The van der Waals surface area contributed by atoms with Crippen molar-refractivity contribution >= 4 is 21.7 Å². The predicted molar refractivity (Wildman–Crippen MR) is 129 cm³/mol. The lowest BCUT2D eigenvalue weighted by Crippen LogP contribution is -2.51. The molecule has 0 saturated carbocycles. The zero-order chi connectivity index (χ0) is 24.7. The van der Waals surface area contributed by atoms with Gasteiger partial charge in [0.15, 0.2) is 9.84 Å². The van der Waals surface area contributed by atoms with Gasteiger partial charge in [0.1, 0.15) is 18.4 Å². The number of likely N-dealkylation sites (N-methyl/N-ethyl adjacent to an activating group) is 1. The van der Waals surface area contributed by atoms with Crippen LogP contribution in [0, 0.1) is 0 Å². The first-order chi connectivity index (χ1) is 16.2.